The summed E-state index contributed by atoms with van der Waals surface area (Å²) in [6.07, 6.45) is 1.41. The molecule has 1 aromatic heterocycles. The van der Waals surface area contributed by atoms with E-state index in [0.717, 1.165) is 5.56 Å². The molecule has 2 rings (SSSR count). The summed E-state index contributed by atoms with van der Waals surface area (Å²) < 4.78 is 12.8. The summed E-state index contributed by atoms with van der Waals surface area (Å²) in [5, 5.41) is 8.68. The second-order valence-corrected chi connectivity index (χ2v) is 5.54. The Balaban J connectivity index is 1.75. The van der Waals surface area contributed by atoms with Gasteiger partial charge in [-0.3, -0.25) is 14.4 Å². The molecule has 0 saturated carbocycles. The number of carbonyl (C=O) groups excluding carboxylic acids is 3. The SMILES string of the molecule is C/C(CC(=O)NCc1ccc(F)cc1)=N/NC(=O)C(=O)Nc1ccccn1. The Kier molecular flexibility index (Phi) is 7.12. The Morgan fingerprint density at radius 2 is 1.81 bits per heavy atom. The number of hydrogen-bond donors (Lipinski definition) is 3. The van der Waals surface area contributed by atoms with E-state index in [4.69, 9.17) is 0 Å². The summed E-state index contributed by atoms with van der Waals surface area (Å²) in [5.74, 6) is -2.35. The van der Waals surface area contributed by atoms with Crippen LogP contribution in [0.4, 0.5) is 10.2 Å². The molecule has 3 N–H and O–H groups in total. The number of nitrogens with zero attached hydrogens (tertiary/aromatic N) is 2. The van der Waals surface area contributed by atoms with E-state index >= 15 is 0 Å². The van der Waals surface area contributed by atoms with Crippen molar-refractivity contribution in [2.24, 2.45) is 5.10 Å². The number of pyridine rings is 1. The van der Waals surface area contributed by atoms with Gasteiger partial charge in [-0.05, 0) is 36.8 Å². The van der Waals surface area contributed by atoms with Crippen molar-refractivity contribution in [3.8, 4) is 0 Å². The average molecular weight is 371 g/mol. The third-order valence-corrected chi connectivity index (χ3v) is 3.28. The molecule has 8 nitrogen and oxygen atoms in total. The number of nitrogens with one attached hydrogen (secondary N) is 3. The maximum Gasteiger partial charge on any atom is 0.329 e. The number of amides is 3. The lowest BCUT2D eigenvalue weighted by Gasteiger charge is -2.06. The number of anilines is 1. The number of benzene rings is 1. The smallest absolute Gasteiger partial charge is 0.329 e. The van der Waals surface area contributed by atoms with Crippen LogP contribution in [0.5, 0.6) is 0 Å². The summed E-state index contributed by atoms with van der Waals surface area (Å²) in [6.45, 7) is 1.78. The number of aromatic nitrogens is 1. The summed E-state index contributed by atoms with van der Waals surface area (Å²) in [7, 11) is 0. The van der Waals surface area contributed by atoms with Gasteiger partial charge < -0.3 is 10.6 Å². The van der Waals surface area contributed by atoms with Crippen molar-refractivity contribution < 1.29 is 18.8 Å². The first-order chi connectivity index (χ1) is 12.9. The first kappa shape index (κ1) is 19.7. The zero-order valence-corrected chi connectivity index (χ0v) is 14.5. The maximum atomic E-state index is 12.8. The minimum absolute atomic E-state index is 0.0661. The Hall–Kier alpha value is -3.62. The quantitative estimate of drug-likeness (QED) is 0.404. The molecule has 140 valence electrons. The number of hydrogen-bond acceptors (Lipinski definition) is 5. The highest BCUT2D eigenvalue weighted by Crippen LogP contribution is 2.02. The van der Waals surface area contributed by atoms with Gasteiger partial charge in [0.1, 0.15) is 11.6 Å². The largest absolute Gasteiger partial charge is 0.352 e. The topological polar surface area (TPSA) is 113 Å². The molecule has 0 fully saturated rings. The summed E-state index contributed by atoms with van der Waals surface area (Å²) in [6, 6.07) is 10.6. The van der Waals surface area contributed by atoms with Crippen molar-refractivity contribution in [3.05, 3.63) is 60.0 Å². The van der Waals surface area contributed by atoms with Gasteiger partial charge in [-0.1, -0.05) is 18.2 Å². The molecule has 27 heavy (non-hydrogen) atoms. The van der Waals surface area contributed by atoms with Gasteiger partial charge in [0.2, 0.25) is 5.91 Å². The van der Waals surface area contributed by atoms with Crippen molar-refractivity contribution in [1.82, 2.24) is 15.7 Å². The van der Waals surface area contributed by atoms with E-state index < -0.39 is 11.8 Å². The third kappa shape index (κ3) is 7.02. The second-order valence-electron chi connectivity index (χ2n) is 5.54. The standard InChI is InChI=1S/C18H18FN5O3/c1-12(10-16(25)21-11-13-5-7-14(19)8-6-13)23-24-18(27)17(26)22-15-4-2-3-9-20-15/h2-9H,10-11H2,1H3,(H,21,25)(H,24,27)(H,20,22,26)/b23-12-. The van der Waals surface area contributed by atoms with Crippen molar-refractivity contribution >= 4 is 29.3 Å². The van der Waals surface area contributed by atoms with Gasteiger partial charge in [0.25, 0.3) is 0 Å². The van der Waals surface area contributed by atoms with Crippen molar-refractivity contribution in [1.29, 1.82) is 0 Å². The molecule has 0 radical (unpaired) electrons. The highest BCUT2D eigenvalue weighted by Gasteiger charge is 2.14. The molecule has 0 atom stereocenters. The van der Waals surface area contributed by atoms with Gasteiger partial charge in [-0.15, -0.1) is 0 Å². The molecule has 0 unspecified atom stereocenters. The molecule has 1 heterocycles. The molecule has 0 bridgehead atoms. The first-order valence-corrected chi connectivity index (χ1v) is 8.00. The molecule has 9 heteroatoms. The summed E-state index contributed by atoms with van der Waals surface area (Å²) in [5.41, 5.74) is 3.14. The van der Waals surface area contributed by atoms with E-state index in [0.29, 0.717) is 5.71 Å². The van der Waals surface area contributed by atoms with Crippen molar-refractivity contribution in [2.45, 2.75) is 19.9 Å². The fourth-order valence-corrected chi connectivity index (χ4v) is 1.94. The van der Waals surface area contributed by atoms with Crippen LogP contribution >= 0.6 is 0 Å². The Bertz CT molecular complexity index is 838. The van der Waals surface area contributed by atoms with Crippen LogP contribution in [0.3, 0.4) is 0 Å². The number of rotatable bonds is 6. The van der Waals surface area contributed by atoms with Crippen LogP contribution in [0.2, 0.25) is 0 Å². The van der Waals surface area contributed by atoms with Crippen LogP contribution in [-0.4, -0.2) is 28.4 Å². The fraction of sp³-hybridized carbons (Fsp3) is 0.167. The molecule has 0 aliphatic carbocycles. The predicted octanol–water partition coefficient (Wildman–Crippen LogP) is 1.36. The average Bonchev–Trinajstić information content (AvgIpc) is 2.66. The Morgan fingerprint density at radius 1 is 1.07 bits per heavy atom. The molecular formula is C18H18FN5O3. The number of hydrazone groups is 1. The highest BCUT2D eigenvalue weighted by atomic mass is 19.1. The lowest BCUT2D eigenvalue weighted by molar-refractivity contribution is -0.136. The van der Waals surface area contributed by atoms with Gasteiger partial charge in [0.15, 0.2) is 0 Å². The van der Waals surface area contributed by atoms with E-state index in [1.807, 2.05) is 0 Å². The number of carbonyl (C=O) groups is 3. The molecular weight excluding hydrogens is 353 g/mol. The predicted molar refractivity (Wildman–Crippen MR) is 97.0 cm³/mol. The summed E-state index contributed by atoms with van der Waals surface area (Å²) in [4.78, 5) is 39.1. The minimum Gasteiger partial charge on any atom is -0.352 e. The zero-order chi connectivity index (χ0) is 19.6. The van der Waals surface area contributed by atoms with Crippen LogP contribution in [0.15, 0.2) is 53.8 Å². The molecule has 0 saturated heterocycles. The van der Waals surface area contributed by atoms with Crippen LogP contribution in [0.1, 0.15) is 18.9 Å². The van der Waals surface area contributed by atoms with Gasteiger partial charge in [0.05, 0.1) is 6.42 Å². The van der Waals surface area contributed by atoms with Gasteiger partial charge in [0, 0.05) is 18.5 Å². The van der Waals surface area contributed by atoms with Gasteiger partial charge in [-0.25, -0.2) is 14.8 Å². The van der Waals surface area contributed by atoms with Gasteiger partial charge in [-0.2, -0.15) is 5.10 Å². The maximum absolute atomic E-state index is 12.8. The van der Waals surface area contributed by atoms with E-state index in [2.05, 4.69) is 26.1 Å². The third-order valence-electron chi connectivity index (χ3n) is 3.28. The molecule has 0 aliphatic rings. The monoisotopic (exact) mass is 371 g/mol. The molecule has 0 aliphatic heterocycles. The van der Waals surface area contributed by atoms with E-state index in [-0.39, 0.29) is 30.5 Å². The number of halogens is 1. The van der Waals surface area contributed by atoms with E-state index in [1.54, 1.807) is 24.3 Å². The highest BCUT2D eigenvalue weighted by molar-refractivity contribution is 6.39. The van der Waals surface area contributed by atoms with Crippen LogP contribution in [-0.2, 0) is 20.9 Å². The normalized spacial score (nSPS) is 10.8. The van der Waals surface area contributed by atoms with Crippen LogP contribution < -0.4 is 16.1 Å². The van der Waals surface area contributed by atoms with Crippen LogP contribution in [0.25, 0.3) is 0 Å². The van der Waals surface area contributed by atoms with E-state index in [9.17, 15) is 18.8 Å². The van der Waals surface area contributed by atoms with Crippen LogP contribution in [0, 0.1) is 5.82 Å². The van der Waals surface area contributed by atoms with Crippen molar-refractivity contribution in [2.75, 3.05) is 5.32 Å². The Morgan fingerprint density at radius 3 is 2.48 bits per heavy atom. The zero-order valence-electron chi connectivity index (χ0n) is 14.5. The molecule has 3 amide bonds. The fourth-order valence-electron chi connectivity index (χ4n) is 1.94. The second kappa shape index (κ2) is 9.76. The van der Waals surface area contributed by atoms with E-state index in [1.165, 1.54) is 31.3 Å². The minimum atomic E-state index is -0.980. The lowest BCUT2D eigenvalue weighted by Crippen LogP contribution is -2.33. The lowest BCUT2D eigenvalue weighted by atomic mass is 10.2. The molecule has 1 aromatic carbocycles. The molecule has 2 aromatic rings. The molecule has 0 spiro atoms. The van der Waals surface area contributed by atoms with Crippen molar-refractivity contribution in [3.63, 3.8) is 0 Å². The first-order valence-electron chi connectivity index (χ1n) is 8.00. The Labute approximate surface area is 154 Å². The summed E-state index contributed by atoms with van der Waals surface area (Å²) >= 11 is 0. The van der Waals surface area contributed by atoms with Gasteiger partial charge >= 0.3 is 11.8 Å².